The molecular formula is C17H16ClNS. The highest BCUT2D eigenvalue weighted by atomic mass is 35.5. The van der Waals surface area contributed by atoms with Crippen molar-refractivity contribution in [2.75, 3.05) is 0 Å². The van der Waals surface area contributed by atoms with Gasteiger partial charge in [0.2, 0.25) is 0 Å². The topological polar surface area (TPSA) is 23.8 Å². The molecule has 0 fully saturated rings. The first-order valence-electron chi connectivity index (χ1n) is 6.40. The molecule has 0 radical (unpaired) electrons. The summed E-state index contributed by atoms with van der Waals surface area (Å²) in [4.78, 5) is 0.983. The van der Waals surface area contributed by atoms with E-state index in [0.29, 0.717) is 10.6 Å². The van der Waals surface area contributed by atoms with Gasteiger partial charge in [-0.1, -0.05) is 29.3 Å². The van der Waals surface area contributed by atoms with Crippen molar-refractivity contribution in [2.45, 2.75) is 31.4 Å². The van der Waals surface area contributed by atoms with Crippen LogP contribution in [0.5, 0.6) is 0 Å². The highest BCUT2D eigenvalue weighted by molar-refractivity contribution is 7.98. The SMILES string of the molecule is Cc1cc(C)c(CSc2ccc(Cl)cc2C#N)c(C)c1. The zero-order chi connectivity index (χ0) is 14.7. The number of benzene rings is 2. The van der Waals surface area contributed by atoms with Crippen LogP contribution in [0.15, 0.2) is 35.2 Å². The molecule has 0 bridgehead atoms. The Hall–Kier alpha value is -1.43. The molecule has 0 heterocycles. The van der Waals surface area contributed by atoms with E-state index in [1.165, 1.54) is 22.3 Å². The van der Waals surface area contributed by atoms with Crippen molar-refractivity contribution in [3.63, 3.8) is 0 Å². The number of hydrogen-bond donors (Lipinski definition) is 0. The predicted octanol–water partition coefficient (Wildman–Crippen LogP) is 5.43. The summed E-state index contributed by atoms with van der Waals surface area (Å²) in [6.07, 6.45) is 0. The Morgan fingerprint density at radius 1 is 1.10 bits per heavy atom. The van der Waals surface area contributed by atoms with Gasteiger partial charge >= 0.3 is 0 Å². The summed E-state index contributed by atoms with van der Waals surface area (Å²) in [5.74, 6) is 0.869. The molecule has 20 heavy (non-hydrogen) atoms. The first-order valence-corrected chi connectivity index (χ1v) is 7.77. The monoisotopic (exact) mass is 301 g/mol. The fraction of sp³-hybridized carbons (Fsp3) is 0.235. The Labute approximate surface area is 129 Å². The van der Waals surface area contributed by atoms with Gasteiger partial charge in [-0.2, -0.15) is 5.26 Å². The molecule has 2 aromatic carbocycles. The molecule has 0 saturated heterocycles. The van der Waals surface area contributed by atoms with E-state index >= 15 is 0 Å². The number of rotatable bonds is 3. The van der Waals surface area contributed by atoms with Crippen LogP contribution < -0.4 is 0 Å². The number of nitrogens with zero attached hydrogens (tertiary/aromatic N) is 1. The van der Waals surface area contributed by atoms with Crippen molar-refractivity contribution in [2.24, 2.45) is 0 Å². The second-order valence-electron chi connectivity index (χ2n) is 4.92. The fourth-order valence-electron chi connectivity index (χ4n) is 2.30. The van der Waals surface area contributed by atoms with Crippen LogP contribution in [0, 0.1) is 32.1 Å². The Morgan fingerprint density at radius 3 is 2.35 bits per heavy atom. The number of halogens is 1. The van der Waals surface area contributed by atoms with Crippen molar-refractivity contribution < 1.29 is 0 Å². The zero-order valence-electron chi connectivity index (χ0n) is 11.8. The number of hydrogen-bond acceptors (Lipinski definition) is 2. The minimum atomic E-state index is 0.605. The number of thioether (sulfide) groups is 1. The standard InChI is InChI=1S/C17H16ClNS/c1-11-6-12(2)16(13(3)7-11)10-20-17-5-4-15(18)8-14(17)9-19/h4-8H,10H2,1-3H3. The molecule has 0 aliphatic rings. The number of nitriles is 1. The van der Waals surface area contributed by atoms with E-state index in [-0.39, 0.29) is 0 Å². The lowest BCUT2D eigenvalue weighted by molar-refractivity contribution is 1.21. The third-order valence-corrected chi connectivity index (χ3v) is 4.61. The van der Waals surface area contributed by atoms with Crippen LogP contribution in [-0.4, -0.2) is 0 Å². The average molecular weight is 302 g/mol. The van der Waals surface area contributed by atoms with E-state index in [9.17, 15) is 0 Å². The van der Waals surface area contributed by atoms with E-state index in [2.05, 4.69) is 39.0 Å². The summed E-state index contributed by atoms with van der Waals surface area (Å²) in [7, 11) is 0. The van der Waals surface area contributed by atoms with Crippen molar-refractivity contribution in [3.05, 3.63) is 63.2 Å². The van der Waals surface area contributed by atoms with Gasteiger partial charge in [0.05, 0.1) is 5.56 Å². The van der Waals surface area contributed by atoms with Crippen LogP contribution in [0.4, 0.5) is 0 Å². The maximum absolute atomic E-state index is 9.16. The highest BCUT2D eigenvalue weighted by Crippen LogP contribution is 2.30. The third-order valence-electron chi connectivity index (χ3n) is 3.27. The van der Waals surface area contributed by atoms with Crippen LogP contribution in [0.2, 0.25) is 5.02 Å². The van der Waals surface area contributed by atoms with Crippen LogP contribution >= 0.6 is 23.4 Å². The Balaban J connectivity index is 2.24. The van der Waals surface area contributed by atoms with Crippen LogP contribution in [-0.2, 0) is 5.75 Å². The quantitative estimate of drug-likeness (QED) is 0.706. The molecule has 0 N–H and O–H groups in total. The third kappa shape index (κ3) is 3.36. The highest BCUT2D eigenvalue weighted by Gasteiger charge is 2.08. The van der Waals surface area contributed by atoms with E-state index in [1.807, 2.05) is 12.1 Å². The lowest BCUT2D eigenvalue weighted by Gasteiger charge is -2.11. The maximum atomic E-state index is 9.16. The Morgan fingerprint density at radius 2 is 1.75 bits per heavy atom. The molecule has 0 amide bonds. The van der Waals surface area contributed by atoms with Gasteiger partial charge in [-0.15, -0.1) is 11.8 Å². The fourth-order valence-corrected chi connectivity index (χ4v) is 3.65. The van der Waals surface area contributed by atoms with Crippen molar-refractivity contribution in [3.8, 4) is 6.07 Å². The second kappa shape index (κ2) is 6.35. The largest absolute Gasteiger partial charge is 0.192 e. The van der Waals surface area contributed by atoms with E-state index in [0.717, 1.165) is 10.6 Å². The molecule has 102 valence electrons. The van der Waals surface area contributed by atoms with Gasteiger partial charge < -0.3 is 0 Å². The molecule has 0 aromatic heterocycles. The van der Waals surface area contributed by atoms with Gasteiger partial charge in [0, 0.05) is 15.7 Å². The summed E-state index contributed by atoms with van der Waals surface area (Å²) in [5.41, 5.74) is 5.90. The zero-order valence-corrected chi connectivity index (χ0v) is 13.4. The Bertz CT molecular complexity index is 663. The molecule has 0 unspecified atom stereocenters. The first kappa shape index (κ1) is 15.0. The lowest BCUT2D eigenvalue weighted by atomic mass is 10.0. The smallest absolute Gasteiger partial charge is 0.100 e. The van der Waals surface area contributed by atoms with Gasteiger partial charge in [0.1, 0.15) is 6.07 Å². The summed E-state index contributed by atoms with van der Waals surface area (Å²) in [6.45, 7) is 6.40. The van der Waals surface area contributed by atoms with Gasteiger partial charge in [-0.25, -0.2) is 0 Å². The summed E-state index contributed by atoms with van der Waals surface area (Å²) < 4.78 is 0. The molecule has 0 saturated carbocycles. The maximum Gasteiger partial charge on any atom is 0.100 e. The second-order valence-corrected chi connectivity index (χ2v) is 6.37. The van der Waals surface area contributed by atoms with Crippen LogP contribution in [0.3, 0.4) is 0 Å². The first-order chi connectivity index (χ1) is 9.51. The van der Waals surface area contributed by atoms with Gasteiger partial charge in [0.15, 0.2) is 0 Å². The van der Waals surface area contributed by atoms with Crippen molar-refractivity contribution >= 4 is 23.4 Å². The average Bonchev–Trinajstić information content (AvgIpc) is 2.38. The van der Waals surface area contributed by atoms with Gasteiger partial charge in [0.25, 0.3) is 0 Å². The molecule has 2 rings (SSSR count). The van der Waals surface area contributed by atoms with Crippen LogP contribution in [0.1, 0.15) is 27.8 Å². The Kier molecular flexibility index (Phi) is 4.75. The van der Waals surface area contributed by atoms with Crippen molar-refractivity contribution in [1.29, 1.82) is 5.26 Å². The minimum absolute atomic E-state index is 0.605. The van der Waals surface area contributed by atoms with Gasteiger partial charge in [-0.05, 0) is 55.7 Å². The molecule has 0 spiro atoms. The van der Waals surface area contributed by atoms with Gasteiger partial charge in [-0.3, -0.25) is 0 Å². The summed E-state index contributed by atoms with van der Waals surface area (Å²) in [5, 5.41) is 9.77. The summed E-state index contributed by atoms with van der Waals surface area (Å²) >= 11 is 7.61. The van der Waals surface area contributed by atoms with E-state index in [1.54, 1.807) is 17.8 Å². The lowest BCUT2D eigenvalue weighted by Crippen LogP contribution is -1.93. The molecule has 0 aliphatic heterocycles. The number of aryl methyl sites for hydroxylation is 3. The van der Waals surface area contributed by atoms with Crippen LogP contribution in [0.25, 0.3) is 0 Å². The molecule has 0 atom stereocenters. The summed E-state index contributed by atoms with van der Waals surface area (Å²) in [6, 6.07) is 12.1. The van der Waals surface area contributed by atoms with E-state index in [4.69, 9.17) is 16.9 Å². The normalized spacial score (nSPS) is 10.3. The van der Waals surface area contributed by atoms with Crippen molar-refractivity contribution in [1.82, 2.24) is 0 Å². The predicted molar refractivity (Wildman–Crippen MR) is 86.4 cm³/mol. The molecule has 1 nitrogen and oxygen atoms in total. The molecule has 0 aliphatic carbocycles. The molecule has 2 aromatic rings. The molecule has 3 heteroatoms. The minimum Gasteiger partial charge on any atom is -0.192 e. The molecular weight excluding hydrogens is 286 g/mol. The van der Waals surface area contributed by atoms with E-state index < -0.39 is 0 Å².